The minimum Gasteiger partial charge on any atom is -0.484 e. The quantitative estimate of drug-likeness (QED) is 0.675. The molecule has 1 saturated heterocycles. The molecule has 1 atom stereocenters. The summed E-state index contributed by atoms with van der Waals surface area (Å²) in [6.45, 7) is 0.584. The van der Waals surface area contributed by atoms with Crippen molar-refractivity contribution in [2.45, 2.75) is 17.4 Å². The minimum absolute atomic E-state index is 0.0420. The number of amides is 1. The fraction of sp³-hybridized carbons (Fsp3) is 0.263. The molecule has 1 fully saturated rings. The van der Waals surface area contributed by atoms with Gasteiger partial charge in [0.1, 0.15) is 5.75 Å². The number of imidazole rings is 1. The van der Waals surface area contributed by atoms with Crippen molar-refractivity contribution < 1.29 is 17.9 Å². The van der Waals surface area contributed by atoms with Gasteiger partial charge in [0, 0.05) is 13.1 Å². The molecule has 146 valence electrons. The van der Waals surface area contributed by atoms with Crippen LogP contribution in [0, 0.1) is 0 Å². The SMILES string of the molecule is NC(=O)COc1ccc(S(=O)(=O)N2CCC(n3cnc4ccccc43)C2)cc1. The first-order chi connectivity index (χ1) is 13.4. The number of benzene rings is 2. The minimum atomic E-state index is -3.61. The van der Waals surface area contributed by atoms with E-state index in [2.05, 4.69) is 4.98 Å². The van der Waals surface area contributed by atoms with E-state index in [1.165, 1.54) is 28.6 Å². The fourth-order valence-electron chi connectivity index (χ4n) is 3.44. The van der Waals surface area contributed by atoms with Crippen LogP contribution in [0.2, 0.25) is 0 Å². The summed E-state index contributed by atoms with van der Waals surface area (Å²) in [5.41, 5.74) is 6.94. The predicted octanol–water partition coefficient (Wildman–Crippen LogP) is 1.54. The van der Waals surface area contributed by atoms with Gasteiger partial charge in [0.05, 0.1) is 28.3 Å². The first-order valence-electron chi connectivity index (χ1n) is 8.88. The highest BCUT2D eigenvalue weighted by atomic mass is 32.2. The summed E-state index contributed by atoms with van der Waals surface area (Å²) in [6, 6.07) is 13.9. The molecule has 0 saturated carbocycles. The number of rotatable bonds is 6. The van der Waals surface area contributed by atoms with Gasteiger partial charge in [-0.25, -0.2) is 13.4 Å². The molecule has 2 N–H and O–H groups in total. The number of nitrogens with zero attached hydrogens (tertiary/aromatic N) is 3. The molecule has 1 aromatic heterocycles. The number of carbonyl (C=O) groups excluding carboxylic acids is 1. The van der Waals surface area contributed by atoms with E-state index in [0.717, 1.165) is 17.5 Å². The Morgan fingerprint density at radius 1 is 1.18 bits per heavy atom. The average molecular weight is 400 g/mol. The largest absolute Gasteiger partial charge is 0.484 e. The van der Waals surface area contributed by atoms with Gasteiger partial charge < -0.3 is 15.0 Å². The summed E-state index contributed by atoms with van der Waals surface area (Å²) in [5.74, 6) is -0.200. The lowest BCUT2D eigenvalue weighted by atomic mass is 10.2. The summed E-state index contributed by atoms with van der Waals surface area (Å²) in [4.78, 5) is 15.4. The van der Waals surface area contributed by atoms with Crippen LogP contribution in [0.25, 0.3) is 11.0 Å². The van der Waals surface area contributed by atoms with E-state index in [4.69, 9.17) is 10.5 Å². The van der Waals surface area contributed by atoms with E-state index in [1.807, 2.05) is 28.8 Å². The third-order valence-electron chi connectivity index (χ3n) is 4.84. The van der Waals surface area contributed by atoms with E-state index >= 15 is 0 Å². The third kappa shape index (κ3) is 3.46. The van der Waals surface area contributed by atoms with Crippen molar-refractivity contribution in [2.24, 2.45) is 5.73 Å². The van der Waals surface area contributed by atoms with Crippen LogP contribution in [0.3, 0.4) is 0 Å². The molecule has 1 amide bonds. The van der Waals surface area contributed by atoms with Gasteiger partial charge in [-0.3, -0.25) is 4.79 Å². The van der Waals surface area contributed by atoms with Crippen molar-refractivity contribution in [3.8, 4) is 5.75 Å². The normalized spacial score (nSPS) is 17.8. The first kappa shape index (κ1) is 18.5. The number of para-hydroxylation sites is 2. The molecule has 4 rings (SSSR count). The molecule has 2 heterocycles. The average Bonchev–Trinajstić information content (AvgIpc) is 3.34. The van der Waals surface area contributed by atoms with Crippen molar-refractivity contribution >= 4 is 27.0 Å². The highest BCUT2D eigenvalue weighted by Crippen LogP contribution is 2.30. The number of hydrogen-bond acceptors (Lipinski definition) is 5. The maximum atomic E-state index is 13.0. The lowest BCUT2D eigenvalue weighted by Crippen LogP contribution is -2.29. The molecule has 0 radical (unpaired) electrons. The maximum absolute atomic E-state index is 13.0. The molecule has 3 aromatic rings. The number of fused-ring (bicyclic) bond motifs is 1. The van der Waals surface area contributed by atoms with E-state index < -0.39 is 15.9 Å². The molecule has 1 unspecified atom stereocenters. The standard InChI is InChI=1S/C19H20N4O4S/c20-19(24)12-27-15-5-7-16(8-6-15)28(25,26)22-10-9-14(11-22)23-13-21-17-3-1-2-4-18(17)23/h1-8,13-14H,9-12H2,(H2,20,24). The maximum Gasteiger partial charge on any atom is 0.255 e. The fourth-order valence-corrected chi connectivity index (χ4v) is 4.93. The van der Waals surface area contributed by atoms with E-state index in [9.17, 15) is 13.2 Å². The molecule has 0 bridgehead atoms. The Labute approximate surface area is 162 Å². The molecule has 1 aliphatic rings. The van der Waals surface area contributed by atoms with Crippen molar-refractivity contribution in [2.75, 3.05) is 19.7 Å². The second-order valence-electron chi connectivity index (χ2n) is 6.67. The summed E-state index contributed by atoms with van der Waals surface area (Å²) < 4.78 is 34.7. The molecule has 1 aliphatic heterocycles. The Balaban J connectivity index is 1.50. The lowest BCUT2D eigenvalue weighted by molar-refractivity contribution is -0.119. The first-order valence-corrected chi connectivity index (χ1v) is 10.3. The van der Waals surface area contributed by atoms with Crippen LogP contribution in [0.1, 0.15) is 12.5 Å². The van der Waals surface area contributed by atoms with Crippen LogP contribution in [0.4, 0.5) is 0 Å². The molecule has 0 spiro atoms. The molecule has 8 nitrogen and oxygen atoms in total. The lowest BCUT2D eigenvalue weighted by Gasteiger charge is -2.18. The second kappa shape index (κ2) is 7.25. The number of aromatic nitrogens is 2. The zero-order chi connectivity index (χ0) is 19.7. The Morgan fingerprint density at radius 3 is 2.68 bits per heavy atom. The number of primary amides is 1. The zero-order valence-electron chi connectivity index (χ0n) is 15.1. The van der Waals surface area contributed by atoms with Crippen LogP contribution in [0.15, 0.2) is 59.8 Å². The Hall–Kier alpha value is -2.91. The smallest absolute Gasteiger partial charge is 0.255 e. The number of carbonyl (C=O) groups is 1. The van der Waals surface area contributed by atoms with Gasteiger partial charge in [0.15, 0.2) is 6.61 Å². The molecular weight excluding hydrogens is 380 g/mol. The van der Waals surface area contributed by atoms with Gasteiger partial charge in [-0.15, -0.1) is 0 Å². The van der Waals surface area contributed by atoms with Crippen LogP contribution >= 0.6 is 0 Å². The van der Waals surface area contributed by atoms with E-state index in [-0.39, 0.29) is 17.5 Å². The summed E-state index contributed by atoms with van der Waals surface area (Å²) in [5, 5.41) is 0. The van der Waals surface area contributed by atoms with Crippen molar-refractivity contribution in [1.82, 2.24) is 13.9 Å². The van der Waals surface area contributed by atoms with Crippen molar-refractivity contribution in [3.05, 3.63) is 54.9 Å². The molecule has 28 heavy (non-hydrogen) atoms. The van der Waals surface area contributed by atoms with E-state index in [0.29, 0.717) is 18.8 Å². The van der Waals surface area contributed by atoms with E-state index in [1.54, 1.807) is 6.33 Å². The summed E-state index contributed by atoms with van der Waals surface area (Å²) in [7, 11) is -3.61. The molecule has 9 heteroatoms. The van der Waals surface area contributed by atoms with Crippen molar-refractivity contribution in [1.29, 1.82) is 0 Å². The van der Waals surface area contributed by atoms with Crippen LogP contribution in [-0.2, 0) is 14.8 Å². The Bertz CT molecular complexity index is 1110. The van der Waals surface area contributed by atoms with Crippen LogP contribution < -0.4 is 10.5 Å². The summed E-state index contributed by atoms with van der Waals surface area (Å²) >= 11 is 0. The predicted molar refractivity (Wildman–Crippen MR) is 103 cm³/mol. The molecule has 2 aromatic carbocycles. The van der Waals surface area contributed by atoms with Crippen molar-refractivity contribution in [3.63, 3.8) is 0 Å². The number of hydrogen-bond donors (Lipinski definition) is 1. The second-order valence-corrected chi connectivity index (χ2v) is 8.61. The summed E-state index contributed by atoms with van der Waals surface area (Å²) in [6.07, 6.45) is 2.50. The Morgan fingerprint density at radius 2 is 1.93 bits per heavy atom. The highest BCUT2D eigenvalue weighted by molar-refractivity contribution is 7.89. The topological polar surface area (TPSA) is 108 Å². The van der Waals surface area contributed by atoms with Crippen LogP contribution in [-0.4, -0.2) is 47.9 Å². The highest BCUT2D eigenvalue weighted by Gasteiger charge is 2.33. The molecule has 0 aliphatic carbocycles. The van der Waals surface area contributed by atoms with Gasteiger partial charge in [-0.2, -0.15) is 4.31 Å². The van der Waals surface area contributed by atoms with Gasteiger partial charge >= 0.3 is 0 Å². The van der Waals surface area contributed by atoms with Gasteiger partial charge in [-0.1, -0.05) is 12.1 Å². The van der Waals surface area contributed by atoms with Crippen LogP contribution in [0.5, 0.6) is 5.75 Å². The Kier molecular flexibility index (Phi) is 4.78. The number of sulfonamides is 1. The third-order valence-corrected chi connectivity index (χ3v) is 6.72. The number of ether oxygens (including phenoxy) is 1. The zero-order valence-corrected chi connectivity index (χ0v) is 15.9. The number of nitrogens with two attached hydrogens (primary N) is 1. The monoisotopic (exact) mass is 400 g/mol. The van der Waals surface area contributed by atoms with Gasteiger partial charge in [0.25, 0.3) is 5.91 Å². The molecular formula is C19H20N4O4S. The van der Waals surface area contributed by atoms with Gasteiger partial charge in [-0.05, 0) is 42.8 Å². The van der Waals surface area contributed by atoms with Gasteiger partial charge in [0.2, 0.25) is 10.0 Å².